The van der Waals surface area contributed by atoms with Crippen LogP contribution in [0.15, 0.2) is 71.1 Å². The van der Waals surface area contributed by atoms with E-state index >= 15 is 0 Å². The van der Waals surface area contributed by atoms with Gasteiger partial charge in [-0.05, 0) is 48.9 Å². The third kappa shape index (κ3) is 4.45. The summed E-state index contributed by atoms with van der Waals surface area (Å²) in [6.07, 6.45) is 1.96. The summed E-state index contributed by atoms with van der Waals surface area (Å²) in [5.41, 5.74) is 4.56. The average molecular weight is 462 g/mol. The summed E-state index contributed by atoms with van der Waals surface area (Å²) in [6, 6.07) is 15.7. The molecule has 6 nitrogen and oxygen atoms in total. The minimum Gasteiger partial charge on any atom is -0.493 e. The van der Waals surface area contributed by atoms with Gasteiger partial charge in [-0.15, -0.1) is 0 Å². The first-order valence-electron chi connectivity index (χ1n) is 11.7. The Morgan fingerprint density at radius 1 is 1.03 bits per heavy atom. The molecule has 2 aromatic carbocycles. The van der Waals surface area contributed by atoms with E-state index in [-0.39, 0.29) is 11.7 Å². The molecule has 1 heterocycles. The Morgan fingerprint density at radius 3 is 2.47 bits per heavy atom. The molecular formula is C28H31NO5. The van der Waals surface area contributed by atoms with Gasteiger partial charge in [0, 0.05) is 29.3 Å². The number of hydrogen-bond donors (Lipinski definition) is 1. The van der Waals surface area contributed by atoms with Crippen molar-refractivity contribution in [3.05, 3.63) is 82.2 Å². The molecule has 0 saturated heterocycles. The van der Waals surface area contributed by atoms with Crippen molar-refractivity contribution in [2.45, 2.75) is 44.9 Å². The van der Waals surface area contributed by atoms with Gasteiger partial charge in [-0.25, -0.2) is 4.79 Å². The van der Waals surface area contributed by atoms with Crippen molar-refractivity contribution in [1.82, 2.24) is 5.32 Å². The monoisotopic (exact) mass is 461 g/mol. The summed E-state index contributed by atoms with van der Waals surface area (Å²) in [4.78, 5) is 26.5. The molecule has 4 rings (SSSR count). The highest BCUT2D eigenvalue weighted by molar-refractivity contribution is 6.04. The molecule has 0 fully saturated rings. The lowest BCUT2D eigenvalue weighted by Crippen LogP contribution is -2.36. The van der Waals surface area contributed by atoms with Gasteiger partial charge in [0.15, 0.2) is 17.3 Å². The third-order valence-electron chi connectivity index (χ3n) is 6.49. The highest BCUT2D eigenvalue weighted by Gasteiger charge is 2.41. The molecule has 0 saturated carbocycles. The number of benzene rings is 2. The lowest BCUT2D eigenvalue weighted by atomic mass is 9.71. The first kappa shape index (κ1) is 23.6. The van der Waals surface area contributed by atoms with Gasteiger partial charge < -0.3 is 19.5 Å². The van der Waals surface area contributed by atoms with Gasteiger partial charge in [0.05, 0.1) is 26.4 Å². The van der Waals surface area contributed by atoms with Gasteiger partial charge in [0.2, 0.25) is 0 Å². The van der Waals surface area contributed by atoms with Crippen LogP contribution in [0.25, 0.3) is 0 Å². The quantitative estimate of drug-likeness (QED) is 0.584. The van der Waals surface area contributed by atoms with Crippen molar-refractivity contribution in [3.8, 4) is 11.5 Å². The van der Waals surface area contributed by atoms with Gasteiger partial charge in [-0.3, -0.25) is 4.79 Å². The predicted molar refractivity (Wildman–Crippen MR) is 130 cm³/mol. The van der Waals surface area contributed by atoms with Crippen LogP contribution in [0.3, 0.4) is 0 Å². The highest BCUT2D eigenvalue weighted by Crippen LogP contribution is 2.46. The molecule has 2 atom stereocenters. The lowest BCUT2D eigenvalue weighted by molar-refractivity contribution is -0.136. The summed E-state index contributed by atoms with van der Waals surface area (Å²) < 4.78 is 16.5. The zero-order valence-corrected chi connectivity index (χ0v) is 20.1. The lowest BCUT2D eigenvalue weighted by Gasteiger charge is -2.36. The van der Waals surface area contributed by atoms with E-state index in [1.165, 1.54) is 7.11 Å². The SMILES string of the molecule is CCCOc1ccc([C@H]2C(C(=O)OC)=C(C)NC3=C2C(=O)C[C@H](c2ccccc2)C3)cc1OC. The molecule has 2 aliphatic rings. The molecule has 0 bridgehead atoms. The number of methoxy groups -OCH3 is 2. The largest absolute Gasteiger partial charge is 0.493 e. The van der Waals surface area contributed by atoms with E-state index in [2.05, 4.69) is 17.4 Å². The summed E-state index contributed by atoms with van der Waals surface area (Å²) in [7, 11) is 2.95. The zero-order chi connectivity index (χ0) is 24.2. The standard InChI is InChI=1S/C28H31NO5/c1-5-13-34-23-12-11-19(16-24(23)32-3)26-25(28(31)33-4)17(2)29-21-14-20(15-22(30)27(21)26)18-9-7-6-8-10-18/h6-12,16,20,26,29H,5,13-15H2,1-4H3/t20-,26+/m1/s1. The smallest absolute Gasteiger partial charge is 0.336 e. The topological polar surface area (TPSA) is 73.9 Å². The number of ether oxygens (including phenoxy) is 3. The van der Waals surface area contributed by atoms with Crippen LogP contribution in [0.4, 0.5) is 0 Å². The molecule has 178 valence electrons. The molecule has 1 N–H and O–H groups in total. The second-order valence-electron chi connectivity index (χ2n) is 8.68. The van der Waals surface area contributed by atoms with Gasteiger partial charge in [-0.1, -0.05) is 43.3 Å². The van der Waals surface area contributed by atoms with Crippen molar-refractivity contribution in [2.75, 3.05) is 20.8 Å². The zero-order valence-electron chi connectivity index (χ0n) is 20.1. The molecular weight excluding hydrogens is 430 g/mol. The predicted octanol–water partition coefficient (Wildman–Crippen LogP) is 5.02. The number of dihydropyridines is 1. The number of hydrogen-bond acceptors (Lipinski definition) is 6. The summed E-state index contributed by atoms with van der Waals surface area (Å²) in [5.74, 6) is 0.334. The van der Waals surface area contributed by atoms with Crippen LogP contribution in [0.5, 0.6) is 11.5 Å². The fourth-order valence-electron chi connectivity index (χ4n) is 4.91. The average Bonchev–Trinajstić information content (AvgIpc) is 2.86. The molecule has 34 heavy (non-hydrogen) atoms. The Kier molecular flexibility index (Phi) is 7.06. The van der Waals surface area contributed by atoms with Gasteiger partial charge in [-0.2, -0.15) is 0 Å². The maximum absolute atomic E-state index is 13.6. The van der Waals surface area contributed by atoms with Gasteiger partial charge >= 0.3 is 5.97 Å². The van der Waals surface area contributed by atoms with E-state index in [1.54, 1.807) is 7.11 Å². The van der Waals surface area contributed by atoms with Crippen LogP contribution in [0, 0.1) is 0 Å². The molecule has 0 radical (unpaired) electrons. The molecule has 0 spiro atoms. The molecule has 1 aliphatic carbocycles. The normalized spacial score (nSPS) is 19.9. The highest BCUT2D eigenvalue weighted by atomic mass is 16.5. The van der Waals surface area contributed by atoms with Crippen molar-refractivity contribution in [3.63, 3.8) is 0 Å². The molecule has 0 unspecified atom stereocenters. The Balaban J connectivity index is 1.80. The number of Topliss-reactive ketones (excluding diaryl/α,β-unsaturated/α-hetero) is 1. The first-order chi connectivity index (χ1) is 16.5. The number of nitrogens with one attached hydrogen (secondary N) is 1. The van der Waals surface area contributed by atoms with Crippen LogP contribution in [-0.2, 0) is 14.3 Å². The number of allylic oxidation sites excluding steroid dienone is 3. The summed E-state index contributed by atoms with van der Waals surface area (Å²) in [5, 5.41) is 3.36. The Labute approximate surface area is 200 Å². The number of esters is 1. The minimum absolute atomic E-state index is 0.0341. The minimum atomic E-state index is -0.540. The number of rotatable bonds is 7. The number of ketones is 1. The number of carbonyl (C=O) groups excluding carboxylic acids is 2. The molecule has 6 heteroatoms. The van der Waals surface area contributed by atoms with Crippen LogP contribution < -0.4 is 14.8 Å². The van der Waals surface area contributed by atoms with Gasteiger partial charge in [0.1, 0.15) is 0 Å². The van der Waals surface area contributed by atoms with Crippen molar-refractivity contribution >= 4 is 11.8 Å². The molecule has 0 amide bonds. The summed E-state index contributed by atoms with van der Waals surface area (Å²) >= 11 is 0. The van der Waals surface area contributed by atoms with Crippen LogP contribution in [0.1, 0.15) is 56.1 Å². The fourth-order valence-corrected chi connectivity index (χ4v) is 4.91. The maximum atomic E-state index is 13.6. The van der Waals surface area contributed by atoms with Crippen LogP contribution in [0.2, 0.25) is 0 Å². The Morgan fingerprint density at radius 2 is 1.79 bits per heavy atom. The molecule has 0 aromatic heterocycles. The third-order valence-corrected chi connectivity index (χ3v) is 6.49. The second-order valence-corrected chi connectivity index (χ2v) is 8.68. The molecule has 1 aliphatic heterocycles. The van der Waals surface area contributed by atoms with E-state index < -0.39 is 11.9 Å². The van der Waals surface area contributed by atoms with Crippen molar-refractivity contribution < 1.29 is 23.8 Å². The van der Waals surface area contributed by atoms with E-state index in [0.717, 1.165) is 23.2 Å². The van der Waals surface area contributed by atoms with E-state index in [1.807, 2.05) is 50.2 Å². The summed E-state index contributed by atoms with van der Waals surface area (Å²) in [6.45, 7) is 4.47. The van der Waals surface area contributed by atoms with Crippen LogP contribution >= 0.6 is 0 Å². The number of carbonyl (C=O) groups is 2. The van der Waals surface area contributed by atoms with Crippen molar-refractivity contribution in [2.24, 2.45) is 0 Å². The first-order valence-corrected chi connectivity index (χ1v) is 11.7. The van der Waals surface area contributed by atoms with Crippen LogP contribution in [-0.4, -0.2) is 32.6 Å². The molecule has 2 aromatic rings. The van der Waals surface area contributed by atoms with E-state index in [4.69, 9.17) is 14.2 Å². The van der Waals surface area contributed by atoms with E-state index in [9.17, 15) is 9.59 Å². The van der Waals surface area contributed by atoms with Crippen molar-refractivity contribution in [1.29, 1.82) is 0 Å². The van der Waals surface area contributed by atoms with Gasteiger partial charge in [0.25, 0.3) is 0 Å². The Bertz CT molecular complexity index is 1150. The fraction of sp³-hybridized carbons (Fsp3) is 0.357. The maximum Gasteiger partial charge on any atom is 0.336 e. The Hall–Kier alpha value is -3.54. The van der Waals surface area contributed by atoms with E-state index in [0.29, 0.717) is 47.8 Å². The second kappa shape index (κ2) is 10.2.